The molecule has 1 aromatic carbocycles. The molecule has 0 spiro atoms. The largest absolute Gasteiger partial charge is 0.481 e. The van der Waals surface area contributed by atoms with Gasteiger partial charge in [0.2, 0.25) is 0 Å². The molecule has 0 aliphatic carbocycles. The predicted molar refractivity (Wildman–Crippen MR) is 80.2 cm³/mol. The Kier molecular flexibility index (Phi) is 5.26. The van der Waals surface area contributed by atoms with Crippen LogP contribution in [0.4, 0.5) is 0 Å². The molecule has 1 aliphatic rings. The maximum atomic E-state index is 12.5. The summed E-state index contributed by atoms with van der Waals surface area (Å²) in [6, 6.07) is 7.12. The van der Waals surface area contributed by atoms with Gasteiger partial charge >= 0.3 is 0 Å². The summed E-state index contributed by atoms with van der Waals surface area (Å²) in [5.74, 6) is 0.763. The molecule has 1 saturated heterocycles. The summed E-state index contributed by atoms with van der Waals surface area (Å²) >= 11 is 5.84. The zero-order chi connectivity index (χ0) is 14.5. The van der Waals surface area contributed by atoms with Crippen molar-refractivity contribution in [2.24, 2.45) is 0 Å². The minimum atomic E-state index is -0.417. The standard InChI is InChI=1S/C15H21ClN2O2/c1-3-14(20-13-6-4-12(16)5-7-13)15(19)18-10-8-17(2)9-11-18/h4-7,14H,3,8-11H2,1-2H3/t14-/m1/s1. The molecule has 1 fully saturated rings. The van der Waals surface area contributed by atoms with Crippen LogP contribution in [0.1, 0.15) is 13.3 Å². The van der Waals surface area contributed by atoms with E-state index in [1.807, 2.05) is 11.8 Å². The molecule has 0 saturated carbocycles. The van der Waals surface area contributed by atoms with Crippen molar-refractivity contribution in [3.05, 3.63) is 29.3 Å². The van der Waals surface area contributed by atoms with E-state index in [0.29, 0.717) is 17.2 Å². The van der Waals surface area contributed by atoms with E-state index in [4.69, 9.17) is 16.3 Å². The van der Waals surface area contributed by atoms with Gasteiger partial charge in [-0.3, -0.25) is 4.79 Å². The number of hydrogen-bond donors (Lipinski definition) is 0. The van der Waals surface area contributed by atoms with Crippen LogP contribution in [0.25, 0.3) is 0 Å². The second-order valence-corrected chi connectivity index (χ2v) is 5.53. The Morgan fingerprint density at radius 1 is 1.25 bits per heavy atom. The van der Waals surface area contributed by atoms with Gasteiger partial charge in [0, 0.05) is 31.2 Å². The second-order valence-electron chi connectivity index (χ2n) is 5.10. The third-order valence-corrected chi connectivity index (χ3v) is 3.81. The Hall–Kier alpha value is -1.26. The molecule has 20 heavy (non-hydrogen) atoms. The van der Waals surface area contributed by atoms with Gasteiger partial charge in [-0.15, -0.1) is 0 Å². The van der Waals surface area contributed by atoms with Crippen molar-refractivity contribution in [2.45, 2.75) is 19.4 Å². The van der Waals surface area contributed by atoms with Crippen molar-refractivity contribution in [1.29, 1.82) is 0 Å². The topological polar surface area (TPSA) is 32.8 Å². The third-order valence-electron chi connectivity index (χ3n) is 3.55. The molecule has 0 bridgehead atoms. The number of piperazine rings is 1. The fourth-order valence-electron chi connectivity index (χ4n) is 2.22. The summed E-state index contributed by atoms with van der Waals surface area (Å²) in [6.45, 7) is 5.35. The molecule has 1 atom stereocenters. The highest BCUT2D eigenvalue weighted by Crippen LogP contribution is 2.18. The van der Waals surface area contributed by atoms with Crippen LogP contribution in [0.2, 0.25) is 5.02 Å². The molecule has 2 rings (SSSR count). The number of carbonyl (C=O) groups is 1. The molecule has 5 heteroatoms. The van der Waals surface area contributed by atoms with E-state index in [1.165, 1.54) is 0 Å². The number of nitrogens with zero attached hydrogens (tertiary/aromatic N) is 2. The number of ether oxygens (including phenoxy) is 1. The van der Waals surface area contributed by atoms with E-state index in [9.17, 15) is 4.79 Å². The van der Waals surface area contributed by atoms with Gasteiger partial charge in [-0.2, -0.15) is 0 Å². The first-order valence-electron chi connectivity index (χ1n) is 6.99. The zero-order valence-corrected chi connectivity index (χ0v) is 12.8. The smallest absolute Gasteiger partial charge is 0.263 e. The number of likely N-dealkylation sites (N-methyl/N-ethyl adjacent to an activating group) is 1. The number of halogens is 1. The van der Waals surface area contributed by atoms with Crippen molar-refractivity contribution in [3.8, 4) is 5.75 Å². The highest BCUT2D eigenvalue weighted by atomic mass is 35.5. The highest BCUT2D eigenvalue weighted by Gasteiger charge is 2.26. The van der Waals surface area contributed by atoms with Gasteiger partial charge in [0.25, 0.3) is 5.91 Å². The molecule has 110 valence electrons. The monoisotopic (exact) mass is 296 g/mol. The predicted octanol–water partition coefficient (Wildman–Crippen LogP) is 2.27. The molecular weight excluding hydrogens is 276 g/mol. The van der Waals surface area contributed by atoms with E-state index >= 15 is 0 Å². The van der Waals surface area contributed by atoms with Crippen molar-refractivity contribution in [1.82, 2.24) is 9.80 Å². The lowest BCUT2D eigenvalue weighted by Gasteiger charge is -2.34. The normalized spacial score (nSPS) is 17.9. The molecule has 1 aromatic rings. The lowest BCUT2D eigenvalue weighted by Crippen LogP contribution is -2.51. The molecular formula is C15H21ClN2O2. The van der Waals surface area contributed by atoms with Crippen LogP contribution in [0.5, 0.6) is 5.75 Å². The van der Waals surface area contributed by atoms with Crippen molar-refractivity contribution >= 4 is 17.5 Å². The van der Waals surface area contributed by atoms with Crippen LogP contribution >= 0.6 is 11.6 Å². The highest BCUT2D eigenvalue weighted by molar-refractivity contribution is 6.30. The molecule has 0 radical (unpaired) electrons. The summed E-state index contributed by atoms with van der Waals surface area (Å²) in [5, 5.41) is 0.663. The fourth-order valence-corrected chi connectivity index (χ4v) is 2.34. The summed E-state index contributed by atoms with van der Waals surface area (Å²) in [4.78, 5) is 16.6. The van der Waals surface area contributed by atoms with Gasteiger partial charge in [0.1, 0.15) is 5.75 Å². The Morgan fingerprint density at radius 2 is 1.85 bits per heavy atom. The summed E-state index contributed by atoms with van der Waals surface area (Å²) in [5.41, 5.74) is 0. The maximum Gasteiger partial charge on any atom is 0.263 e. The van der Waals surface area contributed by atoms with E-state index < -0.39 is 6.10 Å². The van der Waals surface area contributed by atoms with Crippen molar-refractivity contribution < 1.29 is 9.53 Å². The Labute approximate surface area is 125 Å². The third kappa shape index (κ3) is 3.87. The quantitative estimate of drug-likeness (QED) is 0.854. The van der Waals surface area contributed by atoms with Crippen LogP contribution in [-0.4, -0.2) is 55.0 Å². The molecule has 1 amide bonds. The first kappa shape index (κ1) is 15.1. The van der Waals surface area contributed by atoms with Crippen LogP contribution < -0.4 is 4.74 Å². The molecule has 4 nitrogen and oxygen atoms in total. The summed E-state index contributed by atoms with van der Waals surface area (Å²) < 4.78 is 5.80. The molecule has 0 aromatic heterocycles. The molecule has 1 heterocycles. The SMILES string of the molecule is CC[C@@H](Oc1ccc(Cl)cc1)C(=O)N1CCN(C)CC1. The fraction of sp³-hybridized carbons (Fsp3) is 0.533. The number of hydrogen-bond acceptors (Lipinski definition) is 3. The van der Waals surface area contributed by atoms with Crippen LogP contribution in [-0.2, 0) is 4.79 Å². The van der Waals surface area contributed by atoms with Gasteiger partial charge < -0.3 is 14.5 Å². The van der Waals surface area contributed by atoms with Crippen LogP contribution in [0, 0.1) is 0 Å². The number of carbonyl (C=O) groups excluding carboxylic acids is 1. The minimum Gasteiger partial charge on any atom is -0.481 e. The van der Waals surface area contributed by atoms with E-state index in [0.717, 1.165) is 26.2 Å². The summed E-state index contributed by atoms with van der Waals surface area (Å²) in [6.07, 6.45) is 0.243. The van der Waals surface area contributed by atoms with Gasteiger partial charge in [-0.1, -0.05) is 18.5 Å². The average Bonchev–Trinajstić information content (AvgIpc) is 2.47. The van der Waals surface area contributed by atoms with Crippen molar-refractivity contribution in [3.63, 3.8) is 0 Å². The Bertz CT molecular complexity index is 442. The molecule has 0 unspecified atom stereocenters. The van der Waals surface area contributed by atoms with Crippen LogP contribution in [0.15, 0.2) is 24.3 Å². The number of benzene rings is 1. The lowest BCUT2D eigenvalue weighted by molar-refractivity contribution is -0.140. The Morgan fingerprint density at radius 3 is 2.40 bits per heavy atom. The van der Waals surface area contributed by atoms with Gasteiger partial charge in [-0.25, -0.2) is 0 Å². The Balaban J connectivity index is 1.97. The zero-order valence-electron chi connectivity index (χ0n) is 12.0. The summed E-state index contributed by atoms with van der Waals surface area (Å²) in [7, 11) is 2.07. The molecule has 0 N–H and O–H groups in total. The van der Waals surface area contributed by atoms with Crippen molar-refractivity contribution in [2.75, 3.05) is 33.2 Å². The van der Waals surface area contributed by atoms with Gasteiger partial charge in [0.15, 0.2) is 6.10 Å². The van der Waals surface area contributed by atoms with Crippen LogP contribution in [0.3, 0.4) is 0 Å². The van der Waals surface area contributed by atoms with Gasteiger partial charge in [-0.05, 0) is 37.7 Å². The lowest BCUT2D eigenvalue weighted by atomic mass is 10.2. The minimum absolute atomic E-state index is 0.0792. The molecule has 1 aliphatic heterocycles. The first-order valence-corrected chi connectivity index (χ1v) is 7.37. The van der Waals surface area contributed by atoms with E-state index in [1.54, 1.807) is 24.3 Å². The van der Waals surface area contributed by atoms with E-state index in [2.05, 4.69) is 11.9 Å². The number of rotatable bonds is 4. The first-order chi connectivity index (χ1) is 9.60. The van der Waals surface area contributed by atoms with E-state index in [-0.39, 0.29) is 5.91 Å². The van der Waals surface area contributed by atoms with Gasteiger partial charge in [0.05, 0.1) is 0 Å². The second kappa shape index (κ2) is 6.95. The number of amides is 1. The average molecular weight is 297 g/mol. The maximum absolute atomic E-state index is 12.5.